The van der Waals surface area contributed by atoms with Gasteiger partial charge in [-0.05, 0) is 43.5 Å². The minimum Gasteiger partial charge on any atom is -0.384 e. The second-order valence-electron chi connectivity index (χ2n) is 6.24. The highest BCUT2D eigenvalue weighted by Gasteiger charge is 2.31. The first kappa shape index (κ1) is 19.4. The Kier molecular flexibility index (Phi) is 6.71. The van der Waals surface area contributed by atoms with E-state index in [1.807, 2.05) is 6.92 Å². The number of piperidine rings is 1. The normalized spacial score (nSPS) is 16.9. The van der Waals surface area contributed by atoms with E-state index in [-0.39, 0.29) is 24.6 Å². The Balaban J connectivity index is 1.95. The summed E-state index contributed by atoms with van der Waals surface area (Å²) in [5.41, 5.74) is 8.84. The molecule has 2 rings (SSSR count). The van der Waals surface area contributed by atoms with Crippen LogP contribution in [-0.2, 0) is 19.2 Å². The molecule has 0 aromatic heterocycles. The molecule has 26 heavy (non-hydrogen) atoms. The fourth-order valence-corrected chi connectivity index (χ4v) is 2.85. The minimum absolute atomic E-state index is 0.0275. The van der Waals surface area contributed by atoms with Crippen molar-refractivity contribution in [1.82, 2.24) is 5.48 Å². The van der Waals surface area contributed by atoms with Gasteiger partial charge in [0.05, 0.1) is 0 Å². The van der Waals surface area contributed by atoms with Crippen molar-refractivity contribution in [2.45, 2.75) is 39.0 Å². The highest BCUT2D eigenvalue weighted by Crippen LogP contribution is 2.26. The van der Waals surface area contributed by atoms with Gasteiger partial charge in [-0.1, -0.05) is 6.92 Å². The number of anilines is 1. The van der Waals surface area contributed by atoms with Crippen molar-refractivity contribution >= 4 is 29.3 Å². The van der Waals surface area contributed by atoms with E-state index in [2.05, 4.69) is 10.3 Å². The molecular weight excluding hydrogens is 336 g/mol. The number of nitrogens with two attached hydrogens (primary N) is 1. The molecule has 140 valence electrons. The standard InChI is InChI=1S/C18H24N4O4/c1-2-4-16(24)26-21-15(23)11-13-5-3-10-22(18(13)25)14-8-6-12(7-9-14)17(19)20/h6-9,13H,2-5,10-11H2,1H3,(H3,19,20)(H,21,23)/t13-/m0/s1. The Labute approximate surface area is 152 Å². The molecule has 1 fully saturated rings. The molecule has 1 aliphatic heterocycles. The molecule has 1 aromatic rings. The van der Waals surface area contributed by atoms with Crippen molar-refractivity contribution in [2.75, 3.05) is 11.4 Å². The number of nitrogens with zero attached hydrogens (tertiary/aromatic N) is 1. The minimum atomic E-state index is -0.497. The molecule has 1 heterocycles. The van der Waals surface area contributed by atoms with Gasteiger partial charge in [0.1, 0.15) is 5.84 Å². The number of benzene rings is 1. The van der Waals surface area contributed by atoms with E-state index in [4.69, 9.17) is 11.1 Å². The van der Waals surface area contributed by atoms with Crippen LogP contribution in [0.5, 0.6) is 0 Å². The lowest BCUT2D eigenvalue weighted by atomic mass is 9.93. The summed E-state index contributed by atoms with van der Waals surface area (Å²) in [6.07, 6.45) is 2.21. The summed E-state index contributed by atoms with van der Waals surface area (Å²) in [5, 5.41) is 7.41. The van der Waals surface area contributed by atoms with Gasteiger partial charge < -0.3 is 15.5 Å². The van der Waals surface area contributed by atoms with Crippen LogP contribution >= 0.6 is 0 Å². The topological polar surface area (TPSA) is 126 Å². The zero-order valence-electron chi connectivity index (χ0n) is 14.8. The third-order valence-corrected chi connectivity index (χ3v) is 4.20. The van der Waals surface area contributed by atoms with Gasteiger partial charge in [-0.2, -0.15) is 5.48 Å². The van der Waals surface area contributed by atoms with Crippen LogP contribution in [0.3, 0.4) is 0 Å². The quantitative estimate of drug-likeness (QED) is 0.402. The number of hydrogen-bond acceptors (Lipinski definition) is 5. The van der Waals surface area contributed by atoms with E-state index in [1.165, 1.54) is 0 Å². The molecule has 1 aliphatic rings. The lowest BCUT2D eigenvalue weighted by Crippen LogP contribution is -2.43. The molecule has 8 nitrogen and oxygen atoms in total. The molecule has 8 heteroatoms. The number of amides is 2. The SMILES string of the molecule is CCCC(=O)ONC(=O)C[C@@H]1CCCN(c2ccc(C(=N)N)cc2)C1=O. The lowest BCUT2D eigenvalue weighted by Gasteiger charge is -2.32. The van der Waals surface area contributed by atoms with Crippen LogP contribution in [0.1, 0.15) is 44.6 Å². The number of rotatable bonds is 6. The van der Waals surface area contributed by atoms with E-state index < -0.39 is 17.8 Å². The highest BCUT2D eigenvalue weighted by atomic mass is 16.7. The van der Waals surface area contributed by atoms with Crippen LogP contribution < -0.4 is 16.1 Å². The molecule has 4 N–H and O–H groups in total. The molecular formula is C18H24N4O4. The van der Waals surface area contributed by atoms with Crippen LogP contribution in [0.2, 0.25) is 0 Å². The van der Waals surface area contributed by atoms with E-state index in [0.29, 0.717) is 30.6 Å². The second kappa shape index (κ2) is 8.98. The molecule has 0 unspecified atom stereocenters. The van der Waals surface area contributed by atoms with Crippen molar-refractivity contribution in [3.63, 3.8) is 0 Å². The molecule has 0 bridgehead atoms. The number of nitrogens with one attached hydrogen (secondary N) is 2. The van der Waals surface area contributed by atoms with Gasteiger partial charge in [0.15, 0.2) is 0 Å². The third kappa shape index (κ3) is 5.05. The van der Waals surface area contributed by atoms with Gasteiger partial charge in [0.25, 0.3) is 5.91 Å². The van der Waals surface area contributed by atoms with Gasteiger partial charge in [-0.15, -0.1) is 0 Å². The monoisotopic (exact) mass is 360 g/mol. The number of hydroxylamine groups is 1. The highest BCUT2D eigenvalue weighted by molar-refractivity contribution is 5.99. The Morgan fingerprint density at radius 3 is 2.65 bits per heavy atom. The van der Waals surface area contributed by atoms with Crippen LogP contribution in [0, 0.1) is 11.3 Å². The van der Waals surface area contributed by atoms with Gasteiger partial charge in [0, 0.05) is 36.6 Å². The summed E-state index contributed by atoms with van der Waals surface area (Å²) in [6, 6.07) is 6.86. The number of amidine groups is 1. The lowest BCUT2D eigenvalue weighted by molar-refractivity contribution is -0.158. The average molecular weight is 360 g/mol. The van der Waals surface area contributed by atoms with Gasteiger partial charge >= 0.3 is 5.97 Å². The summed E-state index contributed by atoms with van der Waals surface area (Å²) < 4.78 is 0. The maximum Gasteiger partial charge on any atom is 0.332 e. The fraction of sp³-hybridized carbons (Fsp3) is 0.444. The smallest absolute Gasteiger partial charge is 0.332 e. The molecule has 0 radical (unpaired) electrons. The van der Waals surface area contributed by atoms with Crippen LogP contribution in [-0.4, -0.2) is 30.2 Å². The first-order chi connectivity index (χ1) is 12.4. The zero-order valence-corrected chi connectivity index (χ0v) is 14.8. The summed E-state index contributed by atoms with van der Waals surface area (Å²) in [6.45, 7) is 2.41. The van der Waals surface area contributed by atoms with Crippen molar-refractivity contribution in [3.8, 4) is 0 Å². The predicted molar refractivity (Wildman–Crippen MR) is 96.3 cm³/mol. The van der Waals surface area contributed by atoms with Crippen molar-refractivity contribution in [2.24, 2.45) is 11.7 Å². The largest absolute Gasteiger partial charge is 0.384 e. The molecule has 0 spiro atoms. The second-order valence-corrected chi connectivity index (χ2v) is 6.24. The van der Waals surface area contributed by atoms with Crippen LogP contribution in [0.25, 0.3) is 0 Å². The van der Waals surface area contributed by atoms with Crippen molar-refractivity contribution in [1.29, 1.82) is 5.41 Å². The summed E-state index contributed by atoms with van der Waals surface area (Å²) in [7, 11) is 0. The molecule has 0 saturated carbocycles. The molecule has 2 amide bonds. The van der Waals surface area contributed by atoms with E-state index >= 15 is 0 Å². The molecule has 1 aromatic carbocycles. The molecule has 1 atom stereocenters. The van der Waals surface area contributed by atoms with Crippen molar-refractivity contribution < 1.29 is 19.2 Å². The maximum atomic E-state index is 12.7. The average Bonchev–Trinajstić information content (AvgIpc) is 2.62. The number of carbonyl (C=O) groups excluding carboxylic acids is 3. The first-order valence-corrected chi connectivity index (χ1v) is 8.66. The summed E-state index contributed by atoms with van der Waals surface area (Å²) in [5.74, 6) is -1.61. The Hall–Kier alpha value is -2.90. The van der Waals surface area contributed by atoms with Crippen LogP contribution in [0.15, 0.2) is 24.3 Å². The molecule has 1 saturated heterocycles. The number of nitrogen functional groups attached to an aromatic ring is 1. The third-order valence-electron chi connectivity index (χ3n) is 4.20. The van der Waals surface area contributed by atoms with E-state index in [9.17, 15) is 14.4 Å². The number of hydrogen-bond donors (Lipinski definition) is 3. The Morgan fingerprint density at radius 1 is 1.35 bits per heavy atom. The fourth-order valence-electron chi connectivity index (χ4n) is 2.85. The zero-order chi connectivity index (χ0) is 19.1. The van der Waals surface area contributed by atoms with Gasteiger partial charge in [-0.25, -0.2) is 4.79 Å². The summed E-state index contributed by atoms with van der Waals surface area (Å²) >= 11 is 0. The van der Waals surface area contributed by atoms with E-state index in [1.54, 1.807) is 29.2 Å². The Bertz CT molecular complexity index is 687. The first-order valence-electron chi connectivity index (χ1n) is 8.66. The van der Waals surface area contributed by atoms with E-state index in [0.717, 1.165) is 6.42 Å². The predicted octanol–water partition coefficient (Wildman–Crippen LogP) is 1.48. The number of carbonyl (C=O) groups is 3. The van der Waals surface area contributed by atoms with Gasteiger partial charge in [-0.3, -0.25) is 15.0 Å². The Morgan fingerprint density at radius 2 is 2.04 bits per heavy atom. The van der Waals surface area contributed by atoms with Gasteiger partial charge in [0.2, 0.25) is 5.91 Å². The van der Waals surface area contributed by atoms with Crippen molar-refractivity contribution in [3.05, 3.63) is 29.8 Å². The maximum absolute atomic E-state index is 12.7. The summed E-state index contributed by atoms with van der Waals surface area (Å²) in [4.78, 5) is 42.2. The molecule has 0 aliphatic carbocycles. The van der Waals surface area contributed by atoms with Crippen LogP contribution in [0.4, 0.5) is 5.69 Å².